The van der Waals surface area contributed by atoms with Gasteiger partial charge in [-0.05, 0) is 65.2 Å². The van der Waals surface area contributed by atoms with E-state index in [-0.39, 0.29) is 38.4 Å². The van der Waals surface area contributed by atoms with Crippen LogP contribution in [0, 0.1) is 0 Å². The maximum Gasteiger partial charge on any atom is 0.407 e. The lowest BCUT2D eigenvalue weighted by Gasteiger charge is -2.19. The van der Waals surface area contributed by atoms with Crippen LogP contribution in [0.5, 0.6) is 0 Å². The molecule has 20 nitrogen and oxygen atoms in total. The van der Waals surface area contributed by atoms with E-state index in [9.17, 15) is 28.8 Å². The van der Waals surface area contributed by atoms with Crippen LogP contribution in [0.1, 0.15) is 130 Å². The van der Waals surface area contributed by atoms with Gasteiger partial charge in [0.05, 0.1) is 19.8 Å². The number of ether oxygens (including phenoxy) is 6. The van der Waals surface area contributed by atoms with Crippen molar-refractivity contribution in [3.63, 3.8) is 0 Å². The Balaban J connectivity index is 1.47. The molecule has 67 heavy (non-hydrogen) atoms. The molecule has 3 heterocycles. The van der Waals surface area contributed by atoms with Gasteiger partial charge in [0.25, 0.3) is 0 Å². The lowest BCUT2D eigenvalue weighted by molar-refractivity contribution is 0.0124. The van der Waals surface area contributed by atoms with Gasteiger partial charge in [-0.1, -0.05) is 65.2 Å². The number of carbonyl (C=O) groups is 3. The molecule has 6 unspecified atom stereocenters. The Morgan fingerprint density at radius 1 is 0.522 bits per heavy atom. The van der Waals surface area contributed by atoms with E-state index in [0.717, 1.165) is 58.0 Å². The van der Waals surface area contributed by atoms with Crippen molar-refractivity contribution < 1.29 is 42.8 Å². The number of nitrogens with one attached hydrogen (secondary N) is 3. The highest BCUT2D eigenvalue weighted by Crippen LogP contribution is 2.18. The van der Waals surface area contributed by atoms with Gasteiger partial charge in [0.1, 0.15) is 18.8 Å². The molecule has 0 radical (unpaired) electrons. The summed E-state index contributed by atoms with van der Waals surface area (Å²) in [6.07, 6.45) is 10.0. The first-order chi connectivity index (χ1) is 32.5. The lowest BCUT2D eigenvalue weighted by Crippen LogP contribution is -2.54. The number of hydrogen-bond acceptors (Lipinski definition) is 14. The minimum Gasteiger partial charge on any atom is -0.447 e. The molecule has 0 aliphatic carbocycles. The van der Waals surface area contributed by atoms with Crippen LogP contribution in [-0.4, -0.2) is 159 Å². The quantitative estimate of drug-likeness (QED) is 0.0471. The van der Waals surface area contributed by atoms with E-state index >= 15 is 0 Å². The van der Waals surface area contributed by atoms with E-state index < -0.39 is 35.3 Å². The second kappa shape index (κ2) is 34.3. The first-order valence-corrected chi connectivity index (χ1v) is 25.3. The Morgan fingerprint density at radius 3 is 1.22 bits per heavy atom. The van der Waals surface area contributed by atoms with Gasteiger partial charge in [-0.15, -0.1) is 0 Å². The molecular weight excluding hydrogens is 869 g/mol. The van der Waals surface area contributed by atoms with Crippen molar-refractivity contribution in [1.82, 2.24) is 39.5 Å². The third-order valence-corrected chi connectivity index (χ3v) is 11.9. The van der Waals surface area contributed by atoms with Crippen molar-refractivity contribution in [2.45, 2.75) is 174 Å². The molecule has 0 bridgehead atoms. The highest BCUT2D eigenvalue weighted by atomic mass is 16.6. The van der Waals surface area contributed by atoms with Gasteiger partial charge in [-0.2, -0.15) is 0 Å². The number of amides is 3. The Labute approximate surface area is 398 Å². The Bertz CT molecular complexity index is 1620. The molecule has 0 saturated carbocycles. The SMILES string of the molecule is CCCCOCC(CN1CC1C)OC(=O)NCCCCCCn1c(=O)n(CCCCCCNC(=O)OCCOC)c(=O)n(CCCCCCNC(=O)OC(COCCCC)CN2CC2C)c1=O. The van der Waals surface area contributed by atoms with Crippen molar-refractivity contribution in [3.05, 3.63) is 31.5 Å². The van der Waals surface area contributed by atoms with E-state index in [1.807, 2.05) is 0 Å². The fourth-order valence-corrected chi connectivity index (χ4v) is 7.51. The first kappa shape index (κ1) is 57.3. The van der Waals surface area contributed by atoms with Crippen LogP contribution >= 0.6 is 0 Å². The molecule has 20 heteroatoms. The minimum absolute atomic E-state index is 0.165. The van der Waals surface area contributed by atoms with Gasteiger partial charge in [0, 0.05) is 97.9 Å². The van der Waals surface area contributed by atoms with Crippen LogP contribution in [0.3, 0.4) is 0 Å². The molecule has 3 rings (SSSR count). The predicted octanol–water partition coefficient (Wildman–Crippen LogP) is 4.46. The van der Waals surface area contributed by atoms with E-state index in [1.54, 1.807) is 0 Å². The summed E-state index contributed by atoms with van der Waals surface area (Å²) in [5.74, 6) is 0. The van der Waals surface area contributed by atoms with Crippen LogP contribution in [0.4, 0.5) is 14.4 Å². The molecule has 3 amide bonds. The zero-order chi connectivity index (χ0) is 48.7. The Hall–Kier alpha value is -3.98. The lowest BCUT2D eigenvalue weighted by atomic mass is 10.2. The minimum atomic E-state index is -0.613. The summed E-state index contributed by atoms with van der Waals surface area (Å²) in [6, 6.07) is 0.984. The van der Waals surface area contributed by atoms with Crippen LogP contribution in [0.2, 0.25) is 0 Å². The zero-order valence-electron chi connectivity index (χ0n) is 41.6. The summed E-state index contributed by atoms with van der Waals surface area (Å²) in [5.41, 5.74) is -1.84. The fraction of sp³-hybridized carbons (Fsp3) is 0.872. The van der Waals surface area contributed by atoms with Gasteiger partial charge >= 0.3 is 35.3 Å². The number of rotatable bonds is 40. The normalized spacial score (nSPS) is 18.2. The highest BCUT2D eigenvalue weighted by Gasteiger charge is 2.33. The second-order valence-corrected chi connectivity index (χ2v) is 18.0. The third-order valence-electron chi connectivity index (χ3n) is 11.9. The Kier molecular flexibility index (Phi) is 29.4. The van der Waals surface area contributed by atoms with Gasteiger partial charge < -0.3 is 44.4 Å². The standard InChI is InChI=1S/C47H86N8O12/c1-6-8-28-63-36-40(34-51-32-38(51)3)66-43(57)49-23-17-11-14-20-26-54-45(59)53(25-19-13-10-16-22-48-42(56)65-31-30-62-5)46(60)55(47(54)61)27-21-15-12-18-24-50-44(58)67-41(35-52-33-39(52)4)37-64-29-9-7-2/h38-41H,6-37H2,1-5H3,(H,48,56)(H,49,57)(H,50,58). The van der Waals surface area contributed by atoms with Crippen LogP contribution in [0.25, 0.3) is 0 Å². The average Bonchev–Trinajstić information content (AvgIpc) is 4.21. The van der Waals surface area contributed by atoms with Crippen LogP contribution in [0.15, 0.2) is 14.4 Å². The van der Waals surface area contributed by atoms with Gasteiger partial charge in [0.2, 0.25) is 0 Å². The summed E-state index contributed by atoms with van der Waals surface area (Å²) in [4.78, 5) is 82.4. The molecule has 1 aromatic rings. The number of nitrogens with zero attached hydrogens (tertiary/aromatic N) is 5. The summed E-state index contributed by atoms with van der Waals surface area (Å²) in [6.45, 7) is 16.1. The fourth-order valence-electron chi connectivity index (χ4n) is 7.51. The van der Waals surface area contributed by atoms with Crippen molar-refractivity contribution >= 4 is 18.3 Å². The van der Waals surface area contributed by atoms with E-state index in [2.05, 4.69) is 53.4 Å². The van der Waals surface area contributed by atoms with Gasteiger partial charge in [-0.3, -0.25) is 9.80 Å². The summed E-state index contributed by atoms with van der Waals surface area (Å²) in [7, 11) is 1.53. The maximum absolute atomic E-state index is 13.7. The van der Waals surface area contributed by atoms with E-state index in [1.165, 1.54) is 20.8 Å². The summed E-state index contributed by atoms with van der Waals surface area (Å²) >= 11 is 0. The number of aromatic nitrogens is 3. The number of methoxy groups -OCH3 is 1. The molecule has 2 fully saturated rings. The third kappa shape index (κ3) is 24.7. The molecule has 386 valence electrons. The maximum atomic E-state index is 13.7. The van der Waals surface area contributed by atoms with Crippen molar-refractivity contribution in [3.8, 4) is 0 Å². The van der Waals surface area contributed by atoms with Crippen molar-refractivity contribution in [2.75, 3.05) is 92.6 Å². The predicted molar refractivity (Wildman–Crippen MR) is 256 cm³/mol. The number of hydrogen-bond donors (Lipinski definition) is 3. The monoisotopic (exact) mass is 955 g/mol. The number of alkyl carbamates (subject to hydrolysis) is 3. The average molecular weight is 955 g/mol. The van der Waals surface area contributed by atoms with Crippen LogP contribution < -0.4 is 33.0 Å². The molecule has 2 aliphatic heterocycles. The van der Waals surface area contributed by atoms with Gasteiger partial charge in [-0.25, -0.2) is 42.5 Å². The molecule has 6 atom stereocenters. The molecule has 0 spiro atoms. The van der Waals surface area contributed by atoms with E-state index in [4.69, 9.17) is 28.4 Å². The zero-order valence-corrected chi connectivity index (χ0v) is 41.6. The smallest absolute Gasteiger partial charge is 0.407 e. The molecule has 1 aromatic heterocycles. The molecule has 2 saturated heterocycles. The molecule has 3 N–H and O–H groups in total. The van der Waals surface area contributed by atoms with Crippen molar-refractivity contribution in [2.24, 2.45) is 0 Å². The first-order valence-electron chi connectivity index (χ1n) is 25.3. The summed E-state index contributed by atoms with van der Waals surface area (Å²) < 4.78 is 36.3. The summed E-state index contributed by atoms with van der Waals surface area (Å²) in [5, 5.41) is 8.38. The second-order valence-electron chi connectivity index (χ2n) is 18.0. The number of unbranched alkanes of at least 4 members (excludes halogenated alkanes) is 11. The van der Waals surface area contributed by atoms with E-state index in [0.29, 0.717) is 136 Å². The molecule has 0 aromatic carbocycles. The topological polar surface area (TPSA) is 215 Å². The Morgan fingerprint density at radius 2 is 0.881 bits per heavy atom. The van der Waals surface area contributed by atoms with Crippen molar-refractivity contribution in [1.29, 1.82) is 0 Å². The molecular formula is C47H86N8O12. The number of carbonyl (C=O) groups excluding carboxylic acids is 3. The largest absolute Gasteiger partial charge is 0.447 e. The highest BCUT2D eigenvalue weighted by molar-refractivity contribution is 5.68. The van der Waals surface area contributed by atoms with Crippen LogP contribution in [-0.2, 0) is 48.1 Å². The van der Waals surface area contributed by atoms with Gasteiger partial charge in [0.15, 0.2) is 0 Å². The molecule has 2 aliphatic rings.